The minimum atomic E-state index is 0.0629. The Morgan fingerprint density at radius 3 is 2.70 bits per heavy atom. The van der Waals surface area contributed by atoms with Crippen molar-refractivity contribution in [2.24, 2.45) is 11.7 Å². The van der Waals surface area contributed by atoms with Gasteiger partial charge in [-0.15, -0.1) is 0 Å². The number of phenolic OH excluding ortho intramolecular Hbond substituents is 1. The van der Waals surface area contributed by atoms with Gasteiger partial charge in [0.2, 0.25) is 0 Å². The number of hydrogen-bond acceptors (Lipinski definition) is 3. The molecule has 1 aliphatic heterocycles. The summed E-state index contributed by atoms with van der Waals surface area (Å²) in [6.07, 6.45) is 1.77. The second kappa shape index (κ2) is 5.55. The van der Waals surface area contributed by atoms with Crippen molar-refractivity contribution in [3.8, 4) is 11.5 Å². The molecule has 0 fully saturated rings. The van der Waals surface area contributed by atoms with E-state index in [0.717, 1.165) is 24.2 Å². The molecule has 0 amide bonds. The van der Waals surface area contributed by atoms with Crippen LogP contribution in [0.3, 0.4) is 0 Å². The van der Waals surface area contributed by atoms with Gasteiger partial charge in [0, 0.05) is 12.0 Å². The summed E-state index contributed by atoms with van der Waals surface area (Å²) in [4.78, 5) is 0. The highest BCUT2D eigenvalue weighted by atomic mass is 16.5. The maximum Gasteiger partial charge on any atom is 0.122 e. The second-order valence-electron chi connectivity index (χ2n) is 5.42. The van der Waals surface area contributed by atoms with Gasteiger partial charge in [-0.05, 0) is 42.2 Å². The van der Waals surface area contributed by atoms with Crippen molar-refractivity contribution in [1.29, 1.82) is 0 Å². The molecule has 2 unspecified atom stereocenters. The van der Waals surface area contributed by atoms with Gasteiger partial charge >= 0.3 is 0 Å². The fourth-order valence-corrected chi connectivity index (χ4v) is 2.70. The van der Waals surface area contributed by atoms with E-state index >= 15 is 0 Å². The average Bonchev–Trinajstić information content (AvgIpc) is 2.49. The fraction of sp³-hybridized carbons (Fsp3) is 0.294. The van der Waals surface area contributed by atoms with Crippen molar-refractivity contribution in [3.05, 3.63) is 59.7 Å². The third-order valence-corrected chi connectivity index (χ3v) is 3.92. The van der Waals surface area contributed by atoms with Crippen molar-refractivity contribution in [2.75, 3.05) is 6.61 Å². The number of rotatable bonds is 3. The van der Waals surface area contributed by atoms with Gasteiger partial charge in [-0.2, -0.15) is 0 Å². The molecular formula is C17H19NO2. The van der Waals surface area contributed by atoms with Crippen molar-refractivity contribution in [2.45, 2.75) is 18.9 Å². The molecule has 0 aliphatic carbocycles. The number of ether oxygens (including phenoxy) is 1. The molecule has 0 saturated heterocycles. The summed E-state index contributed by atoms with van der Waals surface area (Å²) in [5.74, 6) is 1.61. The number of benzene rings is 2. The number of hydrogen-bond donors (Lipinski definition) is 2. The molecule has 2 aromatic rings. The minimum absolute atomic E-state index is 0.0629. The summed E-state index contributed by atoms with van der Waals surface area (Å²) in [6.45, 7) is 0.677. The Kier molecular flexibility index (Phi) is 3.61. The molecular weight excluding hydrogens is 250 g/mol. The summed E-state index contributed by atoms with van der Waals surface area (Å²) in [5.41, 5.74) is 8.72. The first-order chi connectivity index (χ1) is 9.72. The first-order valence-electron chi connectivity index (χ1n) is 6.96. The maximum absolute atomic E-state index is 9.30. The lowest BCUT2D eigenvalue weighted by Crippen LogP contribution is -2.39. The second-order valence-corrected chi connectivity index (χ2v) is 5.42. The van der Waals surface area contributed by atoms with Gasteiger partial charge in [0.25, 0.3) is 0 Å². The van der Waals surface area contributed by atoms with Crippen molar-refractivity contribution >= 4 is 0 Å². The highest BCUT2D eigenvalue weighted by molar-refractivity contribution is 5.35. The van der Waals surface area contributed by atoms with Crippen molar-refractivity contribution < 1.29 is 9.84 Å². The molecule has 1 aliphatic rings. The number of nitrogens with two attached hydrogens (primary N) is 1. The van der Waals surface area contributed by atoms with Gasteiger partial charge in [0.05, 0.1) is 6.61 Å². The highest BCUT2D eigenvalue weighted by Crippen LogP contribution is 2.28. The summed E-state index contributed by atoms with van der Waals surface area (Å²) in [6, 6.07) is 15.5. The number of aromatic hydroxyl groups is 1. The molecule has 3 heteroatoms. The van der Waals surface area contributed by atoms with Crippen molar-refractivity contribution in [3.63, 3.8) is 0 Å². The van der Waals surface area contributed by atoms with Gasteiger partial charge in [-0.3, -0.25) is 0 Å². The van der Waals surface area contributed by atoms with E-state index in [9.17, 15) is 5.11 Å². The Balaban J connectivity index is 1.67. The zero-order valence-electron chi connectivity index (χ0n) is 11.3. The molecule has 104 valence electrons. The smallest absolute Gasteiger partial charge is 0.122 e. The third kappa shape index (κ3) is 2.78. The van der Waals surface area contributed by atoms with Crippen LogP contribution < -0.4 is 10.5 Å². The average molecular weight is 269 g/mol. The Labute approximate surface area is 119 Å². The normalized spacial score (nSPS) is 18.9. The first kappa shape index (κ1) is 13.0. The largest absolute Gasteiger partial charge is 0.508 e. The van der Waals surface area contributed by atoms with Crippen LogP contribution in [0, 0.1) is 5.92 Å². The van der Waals surface area contributed by atoms with E-state index in [1.165, 1.54) is 5.56 Å². The van der Waals surface area contributed by atoms with E-state index in [-0.39, 0.29) is 11.8 Å². The molecule has 3 nitrogen and oxygen atoms in total. The zero-order valence-corrected chi connectivity index (χ0v) is 11.3. The lowest BCUT2D eigenvalue weighted by molar-refractivity contribution is 0.199. The van der Waals surface area contributed by atoms with E-state index in [2.05, 4.69) is 6.07 Å². The van der Waals surface area contributed by atoms with Gasteiger partial charge < -0.3 is 15.6 Å². The maximum atomic E-state index is 9.30. The van der Waals surface area contributed by atoms with Gasteiger partial charge in [0.1, 0.15) is 11.5 Å². The van der Waals surface area contributed by atoms with Gasteiger partial charge in [0.15, 0.2) is 0 Å². The van der Waals surface area contributed by atoms with E-state index in [1.54, 1.807) is 12.1 Å². The molecule has 0 saturated carbocycles. The van der Waals surface area contributed by atoms with E-state index in [1.807, 2.05) is 30.3 Å². The van der Waals surface area contributed by atoms with Crippen LogP contribution in [0.25, 0.3) is 0 Å². The van der Waals surface area contributed by atoms with Crippen LogP contribution in [-0.4, -0.2) is 17.8 Å². The Hall–Kier alpha value is -2.00. The standard InChI is InChI=1S/C17H19NO2/c18-16(9-12-5-7-15(19)8-6-12)14-10-13-3-1-2-4-17(13)20-11-14/h1-8,14,16,19H,9-11,18H2. The molecule has 3 N–H and O–H groups in total. The van der Waals surface area contributed by atoms with Crippen LogP contribution in [-0.2, 0) is 12.8 Å². The number of para-hydroxylation sites is 1. The first-order valence-corrected chi connectivity index (χ1v) is 6.96. The molecule has 0 spiro atoms. The van der Waals surface area contributed by atoms with Crippen LogP contribution in [0.5, 0.6) is 11.5 Å². The topological polar surface area (TPSA) is 55.5 Å². The lowest BCUT2D eigenvalue weighted by atomic mass is 9.87. The summed E-state index contributed by atoms with van der Waals surface area (Å²) in [7, 11) is 0. The molecule has 0 aromatic heterocycles. The van der Waals surface area contributed by atoms with Crippen LogP contribution in [0.15, 0.2) is 48.5 Å². The quantitative estimate of drug-likeness (QED) is 0.900. The fourth-order valence-electron chi connectivity index (χ4n) is 2.70. The lowest BCUT2D eigenvalue weighted by Gasteiger charge is -2.29. The van der Waals surface area contributed by atoms with Crippen molar-refractivity contribution in [1.82, 2.24) is 0 Å². The highest BCUT2D eigenvalue weighted by Gasteiger charge is 2.25. The molecule has 2 aromatic carbocycles. The van der Waals surface area contributed by atoms with E-state index < -0.39 is 0 Å². The predicted molar refractivity (Wildman–Crippen MR) is 78.9 cm³/mol. The SMILES string of the molecule is NC(Cc1ccc(O)cc1)C1COc2ccccc2C1. The summed E-state index contributed by atoms with van der Waals surface area (Å²) < 4.78 is 5.79. The zero-order chi connectivity index (χ0) is 13.9. The van der Waals surface area contributed by atoms with E-state index in [4.69, 9.17) is 10.5 Å². The minimum Gasteiger partial charge on any atom is -0.508 e. The molecule has 20 heavy (non-hydrogen) atoms. The Bertz CT molecular complexity index is 580. The molecule has 0 radical (unpaired) electrons. The summed E-state index contributed by atoms with van der Waals surface area (Å²) in [5, 5.41) is 9.30. The molecule has 2 atom stereocenters. The van der Waals surface area contributed by atoms with Gasteiger partial charge in [-0.25, -0.2) is 0 Å². The van der Waals surface area contributed by atoms with Crippen LogP contribution >= 0.6 is 0 Å². The molecule has 0 bridgehead atoms. The monoisotopic (exact) mass is 269 g/mol. The predicted octanol–water partition coefficient (Wildman–Crippen LogP) is 2.51. The van der Waals surface area contributed by atoms with Gasteiger partial charge in [-0.1, -0.05) is 30.3 Å². The molecule has 1 heterocycles. The Morgan fingerprint density at radius 1 is 1.15 bits per heavy atom. The Morgan fingerprint density at radius 2 is 1.90 bits per heavy atom. The number of fused-ring (bicyclic) bond motifs is 1. The van der Waals surface area contributed by atoms with Crippen LogP contribution in [0.1, 0.15) is 11.1 Å². The van der Waals surface area contributed by atoms with Crippen LogP contribution in [0.2, 0.25) is 0 Å². The third-order valence-electron chi connectivity index (χ3n) is 3.92. The van der Waals surface area contributed by atoms with Crippen LogP contribution in [0.4, 0.5) is 0 Å². The molecule has 3 rings (SSSR count). The number of phenols is 1. The van der Waals surface area contributed by atoms with E-state index in [0.29, 0.717) is 12.5 Å². The summed E-state index contributed by atoms with van der Waals surface area (Å²) >= 11 is 0.